The summed E-state index contributed by atoms with van der Waals surface area (Å²) in [5, 5.41) is 9.07. The van der Waals surface area contributed by atoms with E-state index in [1.54, 1.807) is 12.1 Å². The van der Waals surface area contributed by atoms with Crippen LogP contribution in [0, 0.1) is 0 Å². The monoisotopic (exact) mass is 347 g/mol. The summed E-state index contributed by atoms with van der Waals surface area (Å²) in [6, 6.07) is 9.21. The minimum atomic E-state index is -3.75. The van der Waals surface area contributed by atoms with Crippen molar-refractivity contribution in [3.63, 3.8) is 0 Å². The molecule has 24 heavy (non-hydrogen) atoms. The second-order valence-electron chi connectivity index (χ2n) is 5.61. The Hall–Kier alpha value is -2.54. The number of carboxylic acids is 1. The molecule has 0 fully saturated rings. The van der Waals surface area contributed by atoms with Gasteiger partial charge >= 0.3 is 5.97 Å². The molecule has 0 aliphatic heterocycles. The molecule has 7 heteroatoms. The van der Waals surface area contributed by atoms with E-state index in [2.05, 4.69) is 4.72 Å². The van der Waals surface area contributed by atoms with Gasteiger partial charge in [0, 0.05) is 6.07 Å². The van der Waals surface area contributed by atoms with Gasteiger partial charge in [-0.25, -0.2) is 13.2 Å². The van der Waals surface area contributed by atoms with Crippen molar-refractivity contribution >= 4 is 21.7 Å². The molecule has 0 radical (unpaired) electrons. The zero-order chi connectivity index (χ0) is 17.3. The predicted molar refractivity (Wildman–Crippen MR) is 89.2 cm³/mol. The van der Waals surface area contributed by atoms with E-state index >= 15 is 0 Å². The molecule has 0 bridgehead atoms. The largest absolute Gasteiger partial charge is 0.496 e. The Morgan fingerprint density at radius 1 is 1.12 bits per heavy atom. The summed E-state index contributed by atoms with van der Waals surface area (Å²) in [5.74, 6) is -1.04. The van der Waals surface area contributed by atoms with E-state index in [1.807, 2.05) is 6.07 Å². The van der Waals surface area contributed by atoms with Crippen molar-refractivity contribution < 1.29 is 23.1 Å². The average molecular weight is 347 g/mol. The van der Waals surface area contributed by atoms with Crippen molar-refractivity contribution in [1.29, 1.82) is 0 Å². The quantitative estimate of drug-likeness (QED) is 0.867. The third kappa shape index (κ3) is 3.07. The molecule has 0 saturated carbocycles. The zero-order valence-electron chi connectivity index (χ0n) is 13.1. The highest BCUT2D eigenvalue weighted by atomic mass is 32.2. The van der Waals surface area contributed by atoms with Gasteiger partial charge in [-0.15, -0.1) is 0 Å². The number of methoxy groups -OCH3 is 1. The van der Waals surface area contributed by atoms with E-state index in [0.29, 0.717) is 0 Å². The topological polar surface area (TPSA) is 92.7 Å². The zero-order valence-corrected chi connectivity index (χ0v) is 13.9. The van der Waals surface area contributed by atoms with Gasteiger partial charge in [-0.05, 0) is 54.7 Å². The van der Waals surface area contributed by atoms with E-state index < -0.39 is 16.0 Å². The van der Waals surface area contributed by atoms with Crippen LogP contribution in [0.1, 0.15) is 27.9 Å². The first kappa shape index (κ1) is 16.3. The number of hydrogen-bond donors (Lipinski definition) is 2. The minimum Gasteiger partial charge on any atom is -0.496 e. The van der Waals surface area contributed by atoms with Crippen LogP contribution in [0.5, 0.6) is 5.75 Å². The van der Waals surface area contributed by atoms with Crippen molar-refractivity contribution in [2.24, 2.45) is 0 Å². The number of sulfonamides is 1. The van der Waals surface area contributed by atoms with E-state index in [1.165, 1.54) is 30.9 Å². The molecule has 3 rings (SSSR count). The number of anilines is 1. The van der Waals surface area contributed by atoms with Crippen LogP contribution in [-0.2, 0) is 22.9 Å². The van der Waals surface area contributed by atoms with Gasteiger partial charge in [-0.2, -0.15) is 0 Å². The molecule has 0 atom stereocenters. The molecule has 1 aliphatic rings. The summed E-state index contributed by atoms with van der Waals surface area (Å²) in [4.78, 5) is 11.3. The molecule has 2 N–H and O–H groups in total. The molecule has 1 aliphatic carbocycles. The Bertz CT molecular complexity index is 905. The summed E-state index contributed by atoms with van der Waals surface area (Å²) >= 11 is 0. The highest BCUT2D eigenvalue weighted by molar-refractivity contribution is 7.92. The Morgan fingerprint density at radius 3 is 2.58 bits per heavy atom. The van der Waals surface area contributed by atoms with Crippen molar-refractivity contribution in [2.45, 2.75) is 24.2 Å². The normalized spacial score (nSPS) is 13.4. The van der Waals surface area contributed by atoms with Crippen molar-refractivity contribution in [2.75, 3.05) is 11.8 Å². The molecule has 2 aromatic carbocycles. The summed E-state index contributed by atoms with van der Waals surface area (Å²) < 4.78 is 32.6. The first-order chi connectivity index (χ1) is 11.4. The van der Waals surface area contributed by atoms with Gasteiger partial charge in [0.2, 0.25) is 0 Å². The van der Waals surface area contributed by atoms with Crippen molar-refractivity contribution in [3.8, 4) is 5.75 Å². The van der Waals surface area contributed by atoms with Gasteiger partial charge in [-0.3, -0.25) is 4.72 Å². The van der Waals surface area contributed by atoms with E-state index in [0.717, 1.165) is 24.8 Å². The highest BCUT2D eigenvalue weighted by Gasteiger charge is 2.19. The molecule has 126 valence electrons. The number of carbonyl (C=O) groups is 1. The molecular formula is C17H17NO5S. The van der Waals surface area contributed by atoms with Crippen LogP contribution in [0.3, 0.4) is 0 Å². The summed E-state index contributed by atoms with van der Waals surface area (Å²) in [5.41, 5.74) is 2.48. The number of benzene rings is 2. The fraction of sp³-hybridized carbons (Fsp3) is 0.235. The first-order valence-electron chi connectivity index (χ1n) is 7.46. The van der Waals surface area contributed by atoms with E-state index in [-0.39, 0.29) is 21.9 Å². The number of ether oxygens (including phenoxy) is 1. The predicted octanol–water partition coefficient (Wildman–Crippen LogP) is 2.68. The van der Waals surface area contributed by atoms with Gasteiger partial charge in [0.25, 0.3) is 10.0 Å². The fourth-order valence-corrected chi connectivity index (χ4v) is 3.96. The van der Waals surface area contributed by atoms with Crippen LogP contribution in [-0.4, -0.2) is 26.6 Å². The number of fused-ring (bicyclic) bond motifs is 1. The Balaban J connectivity index is 1.91. The average Bonchev–Trinajstić information content (AvgIpc) is 3.01. The molecule has 0 amide bonds. The lowest BCUT2D eigenvalue weighted by Crippen LogP contribution is -2.13. The number of rotatable bonds is 5. The van der Waals surface area contributed by atoms with Crippen LogP contribution in [0.25, 0.3) is 0 Å². The van der Waals surface area contributed by atoms with E-state index in [4.69, 9.17) is 9.84 Å². The van der Waals surface area contributed by atoms with Gasteiger partial charge in [-0.1, -0.05) is 6.07 Å². The smallest absolute Gasteiger partial charge is 0.339 e. The third-order valence-corrected chi connectivity index (χ3v) is 5.44. The maximum Gasteiger partial charge on any atom is 0.339 e. The molecule has 0 saturated heterocycles. The lowest BCUT2D eigenvalue weighted by molar-refractivity contribution is 0.0693. The van der Waals surface area contributed by atoms with Gasteiger partial charge in [0.1, 0.15) is 11.3 Å². The maximum absolute atomic E-state index is 12.6. The van der Waals surface area contributed by atoms with Crippen LogP contribution < -0.4 is 9.46 Å². The lowest BCUT2D eigenvalue weighted by Gasteiger charge is -2.12. The number of nitrogens with one attached hydrogen (secondary N) is 1. The van der Waals surface area contributed by atoms with Gasteiger partial charge in [0.05, 0.1) is 17.7 Å². The lowest BCUT2D eigenvalue weighted by atomic mass is 10.1. The SMILES string of the molecule is COc1cc(NS(=O)(=O)c2ccc3c(c2)CCC3)ccc1C(=O)O. The third-order valence-electron chi connectivity index (χ3n) is 4.06. The number of carboxylic acid groups (broad SMARTS) is 1. The van der Waals surface area contributed by atoms with Crippen LogP contribution in [0.4, 0.5) is 5.69 Å². The summed E-state index contributed by atoms with van der Waals surface area (Å²) in [6.07, 6.45) is 2.91. The Labute approximate surface area is 140 Å². The summed E-state index contributed by atoms with van der Waals surface area (Å²) in [6.45, 7) is 0. The Kier molecular flexibility index (Phi) is 4.19. The number of aryl methyl sites for hydroxylation is 2. The van der Waals surface area contributed by atoms with Gasteiger partial charge in [0.15, 0.2) is 0 Å². The first-order valence-corrected chi connectivity index (χ1v) is 8.95. The number of hydrogen-bond acceptors (Lipinski definition) is 4. The van der Waals surface area contributed by atoms with Crippen LogP contribution >= 0.6 is 0 Å². The summed E-state index contributed by atoms with van der Waals surface area (Å²) in [7, 11) is -2.41. The molecule has 0 heterocycles. The molecular weight excluding hydrogens is 330 g/mol. The van der Waals surface area contributed by atoms with E-state index in [9.17, 15) is 13.2 Å². The van der Waals surface area contributed by atoms with Crippen LogP contribution in [0.15, 0.2) is 41.3 Å². The minimum absolute atomic E-state index is 0.0296. The maximum atomic E-state index is 12.6. The standard InChI is InChI=1S/C17H17NO5S/c1-23-16-10-13(6-8-15(16)17(19)20)18-24(21,22)14-7-5-11-3-2-4-12(11)9-14/h5-10,18H,2-4H2,1H3,(H,19,20). The highest BCUT2D eigenvalue weighted by Crippen LogP contribution is 2.28. The number of aromatic carboxylic acids is 1. The van der Waals surface area contributed by atoms with Crippen molar-refractivity contribution in [1.82, 2.24) is 0 Å². The molecule has 6 nitrogen and oxygen atoms in total. The van der Waals surface area contributed by atoms with Crippen molar-refractivity contribution in [3.05, 3.63) is 53.1 Å². The molecule has 2 aromatic rings. The fourth-order valence-electron chi connectivity index (χ4n) is 2.86. The van der Waals surface area contributed by atoms with Gasteiger partial charge < -0.3 is 9.84 Å². The second kappa shape index (κ2) is 6.16. The second-order valence-corrected chi connectivity index (χ2v) is 7.29. The molecule has 0 unspecified atom stereocenters. The van der Waals surface area contributed by atoms with Crippen LogP contribution in [0.2, 0.25) is 0 Å². The molecule has 0 aromatic heterocycles. The Morgan fingerprint density at radius 2 is 1.88 bits per heavy atom. The molecule has 0 spiro atoms.